The molecule has 0 spiro atoms. The third-order valence-electron chi connectivity index (χ3n) is 3.11. The molecule has 1 N–H and O–H groups in total. The molecule has 0 bridgehead atoms. The molecule has 1 fully saturated rings. The van der Waals surface area contributed by atoms with E-state index in [4.69, 9.17) is 4.84 Å². The predicted molar refractivity (Wildman–Crippen MR) is 65.8 cm³/mol. The Kier molecular flexibility index (Phi) is 3.76. The van der Waals surface area contributed by atoms with Crippen molar-refractivity contribution >= 4 is 5.97 Å². The van der Waals surface area contributed by atoms with Crippen LogP contribution in [-0.2, 0) is 4.84 Å². The summed E-state index contributed by atoms with van der Waals surface area (Å²) in [5, 5.41) is 4.94. The van der Waals surface area contributed by atoms with Gasteiger partial charge in [0.05, 0.1) is 5.56 Å². The molecule has 0 atom stereocenters. The standard InChI is InChI=1S/C13H18N2O2/c1-10-4-3-5-12(11(10)2)13(16)17-15-8-6-14-7-9-15/h3-5,14H,6-9H2,1-2H3. The van der Waals surface area contributed by atoms with E-state index in [9.17, 15) is 4.79 Å². The Hall–Kier alpha value is -1.39. The molecule has 1 aromatic rings. The summed E-state index contributed by atoms with van der Waals surface area (Å²) < 4.78 is 0. The first-order chi connectivity index (χ1) is 8.18. The van der Waals surface area contributed by atoms with Crippen LogP contribution >= 0.6 is 0 Å². The molecule has 92 valence electrons. The Morgan fingerprint density at radius 2 is 2.00 bits per heavy atom. The molecule has 0 amide bonds. The minimum atomic E-state index is -0.256. The average Bonchev–Trinajstić information content (AvgIpc) is 2.34. The van der Waals surface area contributed by atoms with E-state index in [1.165, 1.54) is 0 Å². The van der Waals surface area contributed by atoms with Gasteiger partial charge < -0.3 is 10.2 Å². The lowest BCUT2D eigenvalue weighted by atomic mass is 10.0. The maximum absolute atomic E-state index is 12.0. The molecule has 1 saturated heterocycles. The zero-order chi connectivity index (χ0) is 12.3. The molecule has 0 saturated carbocycles. The van der Waals surface area contributed by atoms with Crippen molar-refractivity contribution in [3.05, 3.63) is 34.9 Å². The van der Waals surface area contributed by atoms with Crippen LogP contribution in [0.25, 0.3) is 0 Å². The van der Waals surface area contributed by atoms with E-state index in [0.717, 1.165) is 37.3 Å². The molecule has 4 heteroatoms. The molecule has 0 radical (unpaired) electrons. The van der Waals surface area contributed by atoms with Crippen LogP contribution < -0.4 is 5.32 Å². The number of piperazine rings is 1. The lowest BCUT2D eigenvalue weighted by molar-refractivity contribution is -0.115. The van der Waals surface area contributed by atoms with Crippen molar-refractivity contribution in [2.45, 2.75) is 13.8 Å². The highest BCUT2D eigenvalue weighted by molar-refractivity contribution is 5.91. The summed E-state index contributed by atoms with van der Waals surface area (Å²) in [6, 6.07) is 5.69. The minimum Gasteiger partial charge on any atom is -0.364 e. The Morgan fingerprint density at radius 3 is 2.71 bits per heavy atom. The first-order valence-electron chi connectivity index (χ1n) is 5.92. The van der Waals surface area contributed by atoms with Crippen LogP contribution in [0.15, 0.2) is 18.2 Å². The Labute approximate surface area is 102 Å². The van der Waals surface area contributed by atoms with E-state index in [2.05, 4.69) is 5.32 Å². The fourth-order valence-electron chi connectivity index (χ4n) is 1.87. The number of hydrogen-bond acceptors (Lipinski definition) is 4. The average molecular weight is 234 g/mol. The zero-order valence-corrected chi connectivity index (χ0v) is 10.3. The second kappa shape index (κ2) is 5.29. The number of hydroxylamine groups is 2. The maximum atomic E-state index is 12.0. The maximum Gasteiger partial charge on any atom is 0.357 e. The van der Waals surface area contributed by atoms with Crippen LogP contribution in [0.4, 0.5) is 0 Å². The number of rotatable bonds is 2. The summed E-state index contributed by atoms with van der Waals surface area (Å²) in [5.41, 5.74) is 2.76. The van der Waals surface area contributed by atoms with Gasteiger partial charge >= 0.3 is 5.97 Å². The van der Waals surface area contributed by atoms with Gasteiger partial charge in [-0.3, -0.25) is 0 Å². The van der Waals surface area contributed by atoms with Gasteiger partial charge in [-0.15, -0.1) is 5.06 Å². The number of aryl methyl sites for hydroxylation is 1. The lowest BCUT2D eigenvalue weighted by Crippen LogP contribution is -2.44. The fraction of sp³-hybridized carbons (Fsp3) is 0.462. The van der Waals surface area contributed by atoms with Crippen LogP contribution in [0.1, 0.15) is 21.5 Å². The predicted octanol–water partition coefficient (Wildman–Crippen LogP) is 1.28. The number of nitrogens with zero attached hydrogens (tertiary/aromatic N) is 1. The van der Waals surface area contributed by atoms with Crippen molar-refractivity contribution in [1.82, 2.24) is 10.4 Å². The summed E-state index contributed by atoms with van der Waals surface area (Å²) in [6.45, 7) is 7.16. The summed E-state index contributed by atoms with van der Waals surface area (Å²) >= 11 is 0. The molecule has 2 rings (SSSR count). The highest BCUT2D eigenvalue weighted by Gasteiger charge is 2.17. The van der Waals surface area contributed by atoms with Gasteiger partial charge in [0.15, 0.2) is 0 Å². The Balaban J connectivity index is 2.06. The third kappa shape index (κ3) is 2.84. The van der Waals surface area contributed by atoms with E-state index in [1.54, 1.807) is 5.06 Å². The molecular weight excluding hydrogens is 216 g/mol. The van der Waals surface area contributed by atoms with Gasteiger partial charge in [-0.25, -0.2) is 4.79 Å². The van der Waals surface area contributed by atoms with Gasteiger partial charge in [0.1, 0.15) is 0 Å². The van der Waals surface area contributed by atoms with Gasteiger partial charge in [-0.1, -0.05) is 12.1 Å². The van der Waals surface area contributed by atoms with Crippen molar-refractivity contribution < 1.29 is 9.63 Å². The second-order valence-electron chi connectivity index (χ2n) is 4.31. The minimum absolute atomic E-state index is 0.256. The molecule has 0 aromatic heterocycles. The van der Waals surface area contributed by atoms with Gasteiger partial charge in [0, 0.05) is 26.2 Å². The molecule has 0 aliphatic carbocycles. The van der Waals surface area contributed by atoms with Gasteiger partial charge in [-0.2, -0.15) is 0 Å². The van der Waals surface area contributed by atoms with Crippen molar-refractivity contribution in [2.75, 3.05) is 26.2 Å². The highest BCUT2D eigenvalue weighted by atomic mass is 16.7. The number of carbonyl (C=O) groups is 1. The van der Waals surface area contributed by atoms with Crippen LogP contribution in [0, 0.1) is 13.8 Å². The SMILES string of the molecule is Cc1cccc(C(=O)ON2CCNCC2)c1C. The van der Waals surface area contributed by atoms with Crippen molar-refractivity contribution in [3.8, 4) is 0 Å². The monoisotopic (exact) mass is 234 g/mol. The molecule has 4 nitrogen and oxygen atoms in total. The van der Waals surface area contributed by atoms with Crippen LogP contribution in [0.5, 0.6) is 0 Å². The van der Waals surface area contributed by atoms with Crippen molar-refractivity contribution in [1.29, 1.82) is 0 Å². The molecule has 1 aliphatic rings. The number of carbonyl (C=O) groups excluding carboxylic acids is 1. The van der Waals surface area contributed by atoms with Crippen molar-refractivity contribution in [3.63, 3.8) is 0 Å². The largest absolute Gasteiger partial charge is 0.364 e. The van der Waals surface area contributed by atoms with Crippen LogP contribution in [0.2, 0.25) is 0 Å². The van der Waals surface area contributed by atoms with Gasteiger partial charge in [0.25, 0.3) is 0 Å². The highest BCUT2D eigenvalue weighted by Crippen LogP contribution is 2.14. The lowest BCUT2D eigenvalue weighted by Gasteiger charge is -2.25. The summed E-state index contributed by atoms with van der Waals surface area (Å²) in [7, 11) is 0. The van der Waals surface area contributed by atoms with Crippen LogP contribution in [0.3, 0.4) is 0 Å². The number of benzene rings is 1. The molecule has 1 heterocycles. The Bertz CT molecular complexity index is 412. The molecule has 17 heavy (non-hydrogen) atoms. The molecule has 1 aromatic carbocycles. The van der Waals surface area contributed by atoms with E-state index < -0.39 is 0 Å². The fourth-order valence-corrected chi connectivity index (χ4v) is 1.87. The van der Waals surface area contributed by atoms with E-state index >= 15 is 0 Å². The smallest absolute Gasteiger partial charge is 0.357 e. The number of nitrogens with one attached hydrogen (secondary N) is 1. The first-order valence-corrected chi connectivity index (χ1v) is 5.92. The van der Waals surface area contributed by atoms with E-state index in [-0.39, 0.29) is 5.97 Å². The van der Waals surface area contributed by atoms with Gasteiger partial charge in [-0.05, 0) is 31.0 Å². The first kappa shape index (κ1) is 12.1. The zero-order valence-electron chi connectivity index (χ0n) is 10.3. The van der Waals surface area contributed by atoms with E-state index in [0.29, 0.717) is 5.56 Å². The number of hydrogen-bond donors (Lipinski definition) is 1. The third-order valence-corrected chi connectivity index (χ3v) is 3.11. The van der Waals surface area contributed by atoms with Crippen LogP contribution in [-0.4, -0.2) is 37.2 Å². The summed E-state index contributed by atoms with van der Waals surface area (Å²) in [6.07, 6.45) is 0. The normalized spacial score (nSPS) is 16.8. The Morgan fingerprint density at radius 1 is 1.29 bits per heavy atom. The second-order valence-corrected chi connectivity index (χ2v) is 4.31. The quantitative estimate of drug-likeness (QED) is 0.837. The van der Waals surface area contributed by atoms with Gasteiger partial charge in [0.2, 0.25) is 0 Å². The molecule has 1 aliphatic heterocycles. The van der Waals surface area contributed by atoms with E-state index in [1.807, 2.05) is 32.0 Å². The summed E-state index contributed by atoms with van der Waals surface area (Å²) in [4.78, 5) is 17.4. The summed E-state index contributed by atoms with van der Waals surface area (Å²) in [5.74, 6) is -0.256. The molecular formula is C13H18N2O2. The van der Waals surface area contributed by atoms with Crippen molar-refractivity contribution in [2.24, 2.45) is 0 Å². The topological polar surface area (TPSA) is 41.6 Å². The molecule has 0 unspecified atom stereocenters.